The second kappa shape index (κ2) is 8.02. The van der Waals surface area contributed by atoms with Crippen LogP contribution in [0.4, 0.5) is 0 Å². The van der Waals surface area contributed by atoms with Crippen molar-refractivity contribution in [3.63, 3.8) is 0 Å². The van der Waals surface area contributed by atoms with Gasteiger partial charge in [-0.05, 0) is 44.6 Å². The summed E-state index contributed by atoms with van der Waals surface area (Å²) >= 11 is 0. The molecule has 20 heavy (non-hydrogen) atoms. The Morgan fingerprint density at radius 2 is 1.85 bits per heavy atom. The summed E-state index contributed by atoms with van der Waals surface area (Å²) in [6, 6.07) is 1.11. The molecule has 1 saturated carbocycles. The Labute approximate surface area is 124 Å². The molecule has 1 atom stereocenters. The van der Waals surface area contributed by atoms with Gasteiger partial charge in [-0.15, -0.1) is 0 Å². The number of rotatable bonds is 6. The van der Waals surface area contributed by atoms with E-state index in [-0.39, 0.29) is 0 Å². The van der Waals surface area contributed by atoms with Gasteiger partial charge in [-0.25, -0.2) is 0 Å². The number of piperidine rings is 1. The molecule has 1 N–H and O–H groups in total. The monoisotopic (exact) mass is 280 g/mol. The van der Waals surface area contributed by atoms with E-state index < -0.39 is 0 Å². The quantitative estimate of drug-likeness (QED) is 0.809. The number of hydrogen-bond acceptors (Lipinski definition) is 2. The maximum atomic E-state index is 12.6. The van der Waals surface area contributed by atoms with Crippen molar-refractivity contribution in [1.82, 2.24) is 10.2 Å². The second-order valence-electron chi connectivity index (χ2n) is 7.06. The van der Waals surface area contributed by atoms with Crippen molar-refractivity contribution >= 4 is 5.91 Å². The molecule has 2 aliphatic rings. The molecule has 0 spiro atoms. The Balaban J connectivity index is 1.81. The number of hydrogen-bond donors (Lipinski definition) is 1. The van der Waals surface area contributed by atoms with Gasteiger partial charge in [0.25, 0.3) is 0 Å². The zero-order valence-electron chi connectivity index (χ0n) is 13.4. The molecule has 2 rings (SSSR count). The second-order valence-corrected chi connectivity index (χ2v) is 7.06. The molecule has 2 fully saturated rings. The average molecular weight is 280 g/mol. The van der Waals surface area contributed by atoms with E-state index in [9.17, 15) is 4.79 Å². The first-order chi connectivity index (χ1) is 9.66. The van der Waals surface area contributed by atoms with Gasteiger partial charge in [0.05, 0.1) is 0 Å². The fourth-order valence-electron chi connectivity index (χ4n) is 3.68. The van der Waals surface area contributed by atoms with Crippen LogP contribution in [-0.2, 0) is 4.79 Å². The molecule has 1 heterocycles. The zero-order valence-corrected chi connectivity index (χ0v) is 13.4. The van der Waals surface area contributed by atoms with Gasteiger partial charge in [-0.2, -0.15) is 0 Å². The molecule has 0 radical (unpaired) electrons. The van der Waals surface area contributed by atoms with Crippen LogP contribution in [0, 0.1) is 5.92 Å². The maximum absolute atomic E-state index is 12.6. The van der Waals surface area contributed by atoms with E-state index in [1.54, 1.807) is 0 Å². The van der Waals surface area contributed by atoms with Gasteiger partial charge in [0.1, 0.15) is 0 Å². The molecule has 1 aliphatic heterocycles. The van der Waals surface area contributed by atoms with Crippen molar-refractivity contribution in [2.45, 2.75) is 83.7 Å². The Morgan fingerprint density at radius 1 is 1.15 bits per heavy atom. The highest BCUT2D eigenvalue weighted by atomic mass is 16.2. The Bertz CT molecular complexity index is 291. The lowest BCUT2D eigenvalue weighted by molar-refractivity contribution is -0.134. The van der Waals surface area contributed by atoms with Crippen molar-refractivity contribution in [1.29, 1.82) is 0 Å². The third-order valence-electron chi connectivity index (χ3n) is 4.77. The average Bonchev–Trinajstić information content (AvgIpc) is 2.97. The molecule has 0 bridgehead atoms. The molecule has 116 valence electrons. The first-order valence-electron chi connectivity index (χ1n) is 8.69. The number of carbonyl (C=O) groups is 1. The van der Waals surface area contributed by atoms with Crippen molar-refractivity contribution in [2.75, 3.05) is 13.1 Å². The molecular weight excluding hydrogens is 248 g/mol. The minimum Gasteiger partial charge on any atom is -0.339 e. The predicted octanol–water partition coefficient (Wildman–Crippen LogP) is 3.34. The summed E-state index contributed by atoms with van der Waals surface area (Å²) in [5.74, 6) is 0.977. The molecule has 0 aromatic heterocycles. The van der Waals surface area contributed by atoms with Gasteiger partial charge in [-0.1, -0.05) is 33.1 Å². The van der Waals surface area contributed by atoms with E-state index in [0.29, 0.717) is 23.9 Å². The molecule has 0 aromatic carbocycles. The van der Waals surface area contributed by atoms with Crippen LogP contribution < -0.4 is 5.32 Å². The third kappa shape index (κ3) is 4.76. The van der Waals surface area contributed by atoms with Crippen LogP contribution >= 0.6 is 0 Å². The molecule has 1 aliphatic carbocycles. The van der Waals surface area contributed by atoms with Crippen LogP contribution in [0.3, 0.4) is 0 Å². The molecular formula is C17H32N2O. The van der Waals surface area contributed by atoms with Crippen molar-refractivity contribution in [3.8, 4) is 0 Å². The highest BCUT2D eigenvalue weighted by Gasteiger charge is 2.27. The van der Waals surface area contributed by atoms with E-state index in [4.69, 9.17) is 0 Å². The summed E-state index contributed by atoms with van der Waals surface area (Å²) in [6.45, 7) is 6.52. The van der Waals surface area contributed by atoms with E-state index in [1.165, 1.54) is 44.9 Å². The van der Waals surface area contributed by atoms with Crippen LogP contribution in [0.15, 0.2) is 0 Å². The Kier molecular flexibility index (Phi) is 6.34. The maximum Gasteiger partial charge on any atom is 0.222 e. The first kappa shape index (κ1) is 15.8. The standard InChI is InChI=1S/C17H32N2O/c1-14(2)13-19(16-8-3-4-9-16)17(20)11-10-15-7-5-6-12-18-15/h14-16,18H,3-13H2,1-2H3. The van der Waals surface area contributed by atoms with Crippen LogP contribution in [0.25, 0.3) is 0 Å². The number of nitrogens with one attached hydrogen (secondary N) is 1. The molecule has 3 nitrogen and oxygen atoms in total. The minimum atomic E-state index is 0.401. The molecule has 1 amide bonds. The van der Waals surface area contributed by atoms with E-state index in [0.717, 1.165) is 25.9 Å². The number of nitrogens with zero attached hydrogens (tertiary/aromatic N) is 1. The highest BCUT2D eigenvalue weighted by molar-refractivity contribution is 5.76. The summed E-state index contributed by atoms with van der Waals surface area (Å²) in [5, 5.41) is 3.55. The van der Waals surface area contributed by atoms with Crippen molar-refractivity contribution < 1.29 is 4.79 Å². The van der Waals surface area contributed by atoms with Crippen LogP contribution in [-0.4, -0.2) is 36.0 Å². The zero-order chi connectivity index (χ0) is 14.4. The van der Waals surface area contributed by atoms with Crippen molar-refractivity contribution in [2.24, 2.45) is 5.92 Å². The van der Waals surface area contributed by atoms with Crippen LogP contribution in [0.1, 0.15) is 71.6 Å². The van der Waals surface area contributed by atoms with Gasteiger partial charge in [0.15, 0.2) is 0 Å². The summed E-state index contributed by atoms with van der Waals surface area (Å²) in [5.41, 5.74) is 0. The lowest BCUT2D eigenvalue weighted by Crippen LogP contribution is -2.42. The van der Waals surface area contributed by atoms with Gasteiger partial charge in [0, 0.05) is 25.0 Å². The van der Waals surface area contributed by atoms with Crippen molar-refractivity contribution in [3.05, 3.63) is 0 Å². The summed E-state index contributed by atoms with van der Waals surface area (Å²) in [7, 11) is 0. The SMILES string of the molecule is CC(C)CN(C(=O)CCC1CCCCN1)C1CCCC1. The predicted molar refractivity (Wildman–Crippen MR) is 83.7 cm³/mol. The highest BCUT2D eigenvalue weighted by Crippen LogP contribution is 2.25. The first-order valence-corrected chi connectivity index (χ1v) is 8.69. The van der Waals surface area contributed by atoms with E-state index in [1.807, 2.05) is 0 Å². The largest absolute Gasteiger partial charge is 0.339 e. The normalized spacial score (nSPS) is 24.2. The summed E-state index contributed by atoms with van der Waals surface area (Å²) < 4.78 is 0. The van der Waals surface area contributed by atoms with Gasteiger partial charge < -0.3 is 10.2 Å². The summed E-state index contributed by atoms with van der Waals surface area (Å²) in [4.78, 5) is 14.8. The lowest BCUT2D eigenvalue weighted by Gasteiger charge is -2.32. The van der Waals surface area contributed by atoms with Crippen LogP contribution in [0.5, 0.6) is 0 Å². The number of carbonyl (C=O) groups excluding carboxylic acids is 1. The van der Waals surface area contributed by atoms with Gasteiger partial charge in [-0.3, -0.25) is 4.79 Å². The van der Waals surface area contributed by atoms with E-state index >= 15 is 0 Å². The fourth-order valence-corrected chi connectivity index (χ4v) is 3.68. The van der Waals surface area contributed by atoms with Gasteiger partial charge >= 0.3 is 0 Å². The molecule has 1 saturated heterocycles. The molecule has 0 aromatic rings. The Morgan fingerprint density at radius 3 is 2.45 bits per heavy atom. The minimum absolute atomic E-state index is 0.401. The fraction of sp³-hybridized carbons (Fsp3) is 0.941. The number of amides is 1. The molecule has 1 unspecified atom stereocenters. The van der Waals surface area contributed by atoms with E-state index in [2.05, 4.69) is 24.1 Å². The topological polar surface area (TPSA) is 32.3 Å². The third-order valence-corrected chi connectivity index (χ3v) is 4.77. The Hall–Kier alpha value is -0.570. The summed E-state index contributed by atoms with van der Waals surface area (Å²) in [6.07, 6.45) is 10.7. The van der Waals surface area contributed by atoms with Crippen LogP contribution in [0.2, 0.25) is 0 Å². The lowest BCUT2D eigenvalue weighted by atomic mass is 9.99. The van der Waals surface area contributed by atoms with Gasteiger partial charge in [0.2, 0.25) is 5.91 Å². The smallest absolute Gasteiger partial charge is 0.222 e. The molecule has 3 heteroatoms.